The molecule has 0 bridgehead atoms. The Hall–Kier alpha value is -2.25. The highest BCUT2D eigenvalue weighted by atomic mass is 35.5. The number of nitrogens with zero attached hydrogens (tertiary/aromatic N) is 2. The van der Waals surface area contributed by atoms with Gasteiger partial charge < -0.3 is 24.1 Å². The number of fused-ring (bicyclic) bond motifs is 1. The molecule has 0 spiro atoms. The molecule has 2 aliphatic heterocycles. The van der Waals surface area contributed by atoms with Gasteiger partial charge in [0.2, 0.25) is 6.79 Å². The molecular formula is C16H16ClN3O4. The van der Waals surface area contributed by atoms with Crippen molar-refractivity contribution in [3.05, 3.63) is 40.9 Å². The maximum atomic E-state index is 13.0. The molecule has 1 aromatic carbocycles. The fourth-order valence-electron chi connectivity index (χ4n) is 3.17. The Labute approximate surface area is 143 Å². The van der Waals surface area contributed by atoms with Gasteiger partial charge in [-0.25, -0.2) is 4.98 Å². The first-order valence-electron chi connectivity index (χ1n) is 7.59. The van der Waals surface area contributed by atoms with Gasteiger partial charge in [0.25, 0.3) is 5.91 Å². The van der Waals surface area contributed by atoms with Crippen LogP contribution in [0.4, 0.5) is 0 Å². The Morgan fingerprint density at radius 2 is 2.33 bits per heavy atom. The van der Waals surface area contributed by atoms with Gasteiger partial charge in [0.15, 0.2) is 11.5 Å². The second kappa shape index (κ2) is 5.99. The molecule has 1 fully saturated rings. The number of carbonyl (C=O) groups is 1. The largest absolute Gasteiger partial charge is 0.454 e. The Morgan fingerprint density at radius 1 is 1.46 bits per heavy atom. The molecule has 8 heteroatoms. The van der Waals surface area contributed by atoms with E-state index in [4.69, 9.17) is 25.8 Å². The van der Waals surface area contributed by atoms with Crippen LogP contribution in [0.1, 0.15) is 28.6 Å². The van der Waals surface area contributed by atoms with Crippen molar-refractivity contribution in [3.8, 4) is 11.5 Å². The first kappa shape index (κ1) is 15.3. The molecule has 2 aliphatic rings. The lowest BCUT2D eigenvalue weighted by Gasteiger charge is -2.23. The van der Waals surface area contributed by atoms with Crippen LogP contribution in [0, 0.1) is 0 Å². The lowest BCUT2D eigenvalue weighted by atomic mass is 10.1. The molecule has 1 aromatic heterocycles. The maximum Gasteiger partial charge on any atom is 0.254 e. The van der Waals surface area contributed by atoms with Crippen molar-refractivity contribution < 1.29 is 19.0 Å². The molecule has 0 aliphatic carbocycles. The molecule has 4 rings (SSSR count). The van der Waals surface area contributed by atoms with E-state index in [1.807, 2.05) is 0 Å². The summed E-state index contributed by atoms with van der Waals surface area (Å²) in [7, 11) is 1.65. The number of amides is 1. The fraction of sp³-hybridized carbons (Fsp3) is 0.375. The number of aromatic amines is 1. The van der Waals surface area contributed by atoms with E-state index in [0.717, 1.165) is 5.82 Å². The third kappa shape index (κ3) is 2.50. The molecule has 7 nitrogen and oxygen atoms in total. The minimum atomic E-state index is -0.165. The molecule has 1 unspecified atom stereocenters. The molecule has 0 saturated carbocycles. The van der Waals surface area contributed by atoms with Crippen molar-refractivity contribution in [2.75, 3.05) is 20.4 Å². The summed E-state index contributed by atoms with van der Waals surface area (Å²) in [4.78, 5) is 22.2. The summed E-state index contributed by atoms with van der Waals surface area (Å²) in [6, 6.07) is 3.11. The highest BCUT2D eigenvalue weighted by molar-refractivity contribution is 6.32. The molecule has 1 saturated heterocycles. The van der Waals surface area contributed by atoms with Gasteiger partial charge in [0.1, 0.15) is 5.82 Å². The zero-order chi connectivity index (χ0) is 16.7. The van der Waals surface area contributed by atoms with Crippen LogP contribution in [0.15, 0.2) is 24.5 Å². The van der Waals surface area contributed by atoms with Crippen molar-refractivity contribution in [1.29, 1.82) is 0 Å². The number of aromatic nitrogens is 2. The van der Waals surface area contributed by atoms with Crippen LogP contribution in [0.2, 0.25) is 5.02 Å². The molecule has 1 amide bonds. The van der Waals surface area contributed by atoms with E-state index in [1.165, 1.54) is 0 Å². The zero-order valence-electron chi connectivity index (χ0n) is 13.0. The third-order valence-electron chi connectivity index (χ3n) is 4.37. The van der Waals surface area contributed by atoms with Gasteiger partial charge in [-0.1, -0.05) is 11.6 Å². The minimum absolute atomic E-state index is 0.0338. The summed E-state index contributed by atoms with van der Waals surface area (Å²) in [5, 5.41) is 0.366. The quantitative estimate of drug-likeness (QED) is 0.920. The highest BCUT2D eigenvalue weighted by Gasteiger charge is 2.38. The van der Waals surface area contributed by atoms with E-state index >= 15 is 0 Å². The zero-order valence-corrected chi connectivity index (χ0v) is 13.7. The maximum absolute atomic E-state index is 13.0. The summed E-state index contributed by atoms with van der Waals surface area (Å²) in [6.07, 6.45) is 4.08. The van der Waals surface area contributed by atoms with Gasteiger partial charge in [-0.3, -0.25) is 4.79 Å². The average molecular weight is 350 g/mol. The van der Waals surface area contributed by atoms with Gasteiger partial charge in [0.05, 0.1) is 17.2 Å². The van der Waals surface area contributed by atoms with Crippen LogP contribution in [-0.4, -0.2) is 47.3 Å². The normalized spacial score (nSPS) is 22.2. The summed E-state index contributed by atoms with van der Waals surface area (Å²) in [6.45, 7) is 0.601. The molecule has 1 N–H and O–H groups in total. The topological polar surface area (TPSA) is 76.7 Å². The number of nitrogens with one attached hydrogen (secondary N) is 1. The number of rotatable bonds is 3. The lowest BCUT2D eigenvalue weighted by Crippen LogP contribution is -2.32. The molecule has 0 radical (unpaired) electrons. The van der Waals surface area contributed by atoms with Crippen molar-refractivity contribution in [1.82, 2.24) is 14.9 Å². The molecule has 3 heterocycles. The van der Waals surface area contributed by atoms with Crippen molar-refractivity contribution >= 4 is 17.5 Å². The van der Waals surface area contributed by atoms with Crippen LogP contribution >= 0.6 is 11.6 Å². The SMILES string of the molecule is CO[C@@H]1CC(c2ncc[nH]2)N(C(=O)c2cc(Cl)c3c(c2)OCO3)C1. The predicted octanol–water partition coefficient (Wildman–Crippen LogP) is 2.39. The van der Waals surface area contributed by atoms with E-state index in [9.17, 15) is 4.79 Å². The van der Waals surface area contributed by atoms with Gasteiger partial charge in [-0.05, 0) is 12.1 Å². The Kier molecular flexibility index (Phi) is 3.82. The summed E-state index contributed by atoms with van der Waals surface area (Å²) < 4.78 is 16.1. The summed E-state index contributed by atoms with van der Waals surface area (Å²) >= 11 is 6.20. The average Bonchev–Trinajstić information content (AvgIpc) is 3.32. The second-order valence-electron chi connectivity index (χ2n) is 5.73. The van der Waals surface area contributed by atoms with Crippen LogP contribution in [0.25, 0.3) is 0 Å². The summed E-state index contributed by atoms with van der Waals surface area (Å²) in [5.74, 6) is 1.57. The van der Waals surface area contributed by atoms with Crippen molar-refractivity contribution in [2.24, 2.45) is 0 Å². The number of benzene rings is 1. The number of H-pyrrole nitrogens is 1. The standard InChI is InChI=1S/C16H16ClN3O4/c1-22-10-6-12(15-18-2-3-19-15)20(7-10)16(21)9-4-11(17)14-13(5-9)23-8-24-14/h2-5,10,12H,6-8H2,1H3,(H,18,19)/t10-,12?/m1/s1. The van der Waals surface area contributed by atoms with E-state index < -0.39 is 0 Å². The number of ether oxygens (including phenoxy) is 3. The molecule has 2 atom stereocenters. The van der Waals surface area contributed by atoms with Crippen LogP contribution < -0.4 is 9.47 Å². The van der Waals surface area contributed by atoms with Gasteiger partial charge >= 0.3 is 0 Å². The predicted molar refractivity (Wildman–Crippen MR) is 85.4 cm³/mol. The Bertz CT molecular complexity index is 765. The van der Waals surface area contributed by atoms with Crippen molar-refractivity contribution in [3.63, 3.8) is 0 Å². The Morgan fingerprint density at radius 3 is 3.08 bits per heavy atom. The van der Waals surface area contributed by atoms with Crippen LogP contribution in [0.3, 0.4) is 0 Å². The second-order valence-corrected chi connectivity index (χ2v) is 6.14. The third-order valence-corrected chi connectivity index (χ3v) is 4.65. The summed E-state index contributed by atoms with van der Waals surface area (Å²) in [5.41, 5.74) is 0.456. The number of halogens is 1. The van der Waals surface area contributed by atoms with Gasteiger partial charge in [0, 0.05) is 38.0 Å². The lowest BCUT2D eigenvalue weighted by molar-refractivity contribution is 0.0684. The van der Waals surface area contributed by atoms with Crippen molar-refractivity contribution in [2.45, 2.75) is 18.6 Å². The number of hydrogen-bond acceptors (Lipinski definition) is 5. The fourth-order valence-corrected chi connectivity index (χ4v) is 3.43. The van der Waals surface area contributed by atoms with Crippen LogP contribution in [-0.2, 0) is 4.74 Å². The molecule has 2 aromatic rings. The highest BCUT2D eigenvalue weighted by Crippen LogP contribution is 2.41. The molecular weight excluding hydrogens is 334 g/mol. The Balaban J connectivity index is 1.66. The van der Waals surface area contributed by atoms with Gasteiger partial charge in [-0.15, -0.1) is 0 Å². The molecule has 24 heavy (non-hydrogen) atoms. The van der Waals surface area contributed by atoms with Crippen LogP contribution in [0.5, 0.6) is 11.5 Å². The smallest absolute Gasteiger partial charge is 0.254 e. The number of imidazole rings is 1. The van der Waals surface area contributed by atoms with Gasteiger partial charge in [-0.2, -0.15) is 0 Å². The van der Waals surface area contributed by atoms with E-state index in [2.05, 4.69) is 9.97 Å². The monoisotopic (exact) mass is 349 g/mol. The first-order chi connectivity index (χ1) is 11.7. The minimum Gasteiger partial charge on any atom is -0.454 e. The number of carbonyl (C=O) groups excluding carboxylic acids is 1. The number of hydrogen-bond donors (Lipinski definition) is 1. The molecule has 126 valence electrons. The first-order valence-corrected chi connectivity index (χ1v) is 7.97. The van der Waals surface area contributed by atoms with E-state index in [-0.39, 0.29) is 24.8 Å². The van der Waals surface area contributed by atoms with E-state index in [1.54, 1.807) is 36.5 Å². The van der Waals surface area contributed by atoms with E-state index in [0.29, 0.717) is 35.1 Å². The number of likely N-dealkylation sites (tertiary alicyclic amines) is 1. The number of methoxy groups -OCH3 is 1.